The van der Waals surface area contributed by atoms with Crippen LogP contribution in [-0.4, -0.2) is 30.8 Å². The van der Waals surface area contributed by atoms with E-state index in [0.29, 0.717) is 22.4 Å². The highest BCUT2D eigenvalue weighted by Crippen LogP contribution is 2.37. The number of aromatic amines is 1. The van der Waals surface area contributed by atoms with Gasteiger partial charge in [0.25, 0.3) is 5.56 Å². The molecule has 0 atom stereocenters. The third kappa shape index (κ3) is 3.61. The molecule has 0 radical (unpaired) electrons. The highest BCUT2D eigenvalue weighted by molar-refractivity contribution is 5.96. The number of carboxylic acids is 1. The first-order valence-corrected chi connectivity index (χ1v) is 10.7. The lowest BCUT2D eigenvalue weighted by atomic mass is 10.0. The molecule has 2 heterocycles. The normalized spacial score (nSPS) is 11.0. The molecule has 0 aliphatic rings. The van der Waals surface area contributed by atoms with E-state index in [1.165, 1.54) is 6.33 Å². The Labute approximate surface area is 194 Å². The van der Waals surface area contributed by atoms with Crippen LogP contribution in [0.3, 0.4) is 0 Å². The number of hydrogen-bond acceptors (Lipinski definition) is 5. The smallest absolute Gasteiger partial charge is 0.337 e. The van der Waals surface area contributed by atoms with Crippen LogP contribution in [0.4, 0.5) is 11.5 Å². The molecule has 8 nitrogen and oxygen atoms in total. The maximum atomic E-state index is 12.4. The van der Waals surface area contributed by atoms with E-state index in [1.54, 1.807) is 35.0 Å². The summed E-state index contributed by atoms with van der Waals surface area (Å²) in [5.41, 5.74) is 5.03. The van der Waals surface area contributed by atoms with Gasteiger partial charge < -0.3 is 15.4 Å². The molecular formula is C26H21N5O3. The number of aromatic carboxylic acids is 1. The number of hydrogen-bond donors (Lipinski definition) is 3. The first-order valence-electron chi connectivity index (χ1n) is 10.7. The lowest BCUT2D eigenvalue weighted by Gasteiger charge is -2.15. The number of carboxylic acid groups (broad SMARTS) is 1. The third-order valence-electron chi connectivity index (χ3n) is 5.76. The van der Waals surface area contributed by atoms with E-state index in [4.69, 9.17) is 5.10 Å². The second-order valence-corrected chi connectivity index (χ2v) is 7.95. The Morgan fingerprint density at radius 3 is 2.59 bits per heavy atom. The third-order valence-corrected chi connectivity index (χ3v) is 5.76. The van der Waals surface area contributed by atoms with Crippen molar-refractivity contribution in [2.75, 3.05) is 5.32 Å². The van der Waals surface area contributed by atoms with Gasteiger partial charge in [0.15, 0.2) is 0 Å². The van der Waals surface area contributed by atoms with Crippen molar-refractivity contribution in [3.63, 3.8) is 0 Å². The van der Waals surface area contributed by atoms with E-state index in [0.717, 1.165) is 28.1 Å². The molecule has 0 aliphatic heterocycles. The van der Waals surface area contributed by atoms with E-state index in [-0.39, 0.29) is 11.1 Å². The Kier molecular flexibility index (Phi) is 5.18. The van der Waals surface area contributed by atoms with Gasteiger partial charge in [0, 0.05) is 5.56 Å². The number of anilines is 2. The molecule has 8 heteroatoms. The topological polar surface area (TPSA) is 113 Å². The molecule has 0 amide bonds. The molecule has 2 aromatic heterocycles. The number of rotatable bonds is 5. The summed E-state index contributed by atoms with van der Waals surface area (Å²) in [4.78, 5) is 31.1. The van der Waals surface area contributed by atoms with Crippen molar-refractivity contribution in [2.24, 2.45) is 0 Å². The molecule has 3 aromatic carbocycles. The zero-order valence-corrected chi connectivity index (χ0v) is 18.5. The highest BCUT2D eigenvalue weighted by atomic mass is 16.4. The van der Waals surface area contributed by atoms with Gasteiger partial charge in [0.1, 0.15) is 5.82 Å². The largest absolute Gasteiger partial charge is 0.478 e. The fraction of sp³-hybridized carbons (Fsp3) is 0.0769. The van der Waals surface area contributed by atoms with Crippen LogP contribution < -0.4 is 10.9 Å². The van der Waals surface area contributed by atoms with Crippen molar-refractivity contribution >= 4 is 28.4 Å². The summed E-state index contributed by atoms with van der Waals surface area (Å²) in [7, 11) is 0. The lowest BCUT2D eigenvalue weighted by Crippen LogP contribution is -2.08. The van der Waals surface area contributed by atoms with Gasteiger partial charge in [-0.15, -0.1) is 0 Å². The van der Waals surface area contributed by atoms with Crippen molar-refractivity contribution in [1.82, 2.24) is 19.7 Å². The monoisotopic (exact) mass is 451 g/mol. The van der Waals surface area contributed by atoms with Crippen LogP contribution in [-0.2, 0) is 0 Å². The quantitative estimate of drug-likeness (QED) is 0.353. The summed E-state index contributed by atoms with van der Waals surface area (Å²) in [5.74, 6) is -0.438. The minimum absolute atomic E-state index is 0.141. The van der Waals surface area contributed by atoms with Gasteiger partial charge in [-0.3, -0.25) is 4.79 Å². The van der Waals surface area contributed by atoms with Crippen molar-refractivity contribution in [2.45, 2.75) is 13.8 Å². The predicted molar refractivity (Wildman–Crippen MR) is 131 cm³/mol. The molecule has 5 aromatic rings. The molecule has 3 N–H and O–H groups in total. The van der Waals surface area contributed by atoms with Crippen LogP contribution in [0, 0.1) is 13.8 Å². The number of para-hydroxylation sites is 2. The number of benzene rings is 3. The minimum Gasteiger partial charge on any atom is -0.478 e. The first-order chi connectivity index (χ1) is 16.4. The molecule has 0 bridgehead atoms. The molecule has 0 fully saturated rings. The molecule has 0 spiro atoms. The average Bonchev–Trinajstić information content (AvgIpc) is 3.15. The Morgan fingerprint density at radius 1 is 1.03 bits per heavy atom. The Hall–Kier alpha value is -4.72. The number of H-pyrrole nitrogens is 1. The van der Waals surface area contributed by atoms with E-state index in [1.807, 2.05) is 50.2 Å². The fourth-order valence-electron chi connectivity index (χ4n) is 4.10. The molecule has 0 saturated heterocycles. The van der Waals surface area contributed by atoms with Crippen LogP contribution in [0.1, 0.15) is 21.6 Å². The standard InChI is InChI=1S/C26H21N5O3/c1-15-7-3-6-10-22(15)31-24(29-21-9-5-4-8-18(21)26(33)34)23(16(2)30-31)17-11-12-20-19(13-17)25(32)28-14-27-20/h3-14,29H,1-2H3,(H,33,34)(H,27,28,32). The molecular weight excluding hydrogens is 430 g/mol. The van der Waals surface area contributed by atoms with E-state index < -0.39 is 5.97 Å². The summed E-state index contributed by atoms with van der Waals surface area (Å²) in [6.07, 6.45) is 1.38. The number of fused-ring (bicyclic) bond motifs is 1. The van der Waals surface area contributed by atoms with Gasteiger partial charge in [0.05, 0.1) is 39.9 Å². The molecule has 5 rings (SSSR count). The average molecular weight is 451 g/mol. The highest BCUT2D eigenvalue weighted by Gasteiger charge is 2.21. The lowest BCUT2D eigenvalue weighted by molar-refractivity contribution is 0.0698. The van der Waals surface area contributed by atoms with Crippen LogP contribution in [0.5, 0.6) is 0 Å². The van der Waals surface area contributed by atoms with Gasteiger partial charge >= 0.3 is 5.97 Å². The van der Waals surface area contributed by atoms with Crippen molar-refractivity contribution in [3.8, 4) is 16.8 Å². The molecule has 34 heavy (non-hydrogen) atoms. The Balaban J connectivity index is 1.78. The van der Waals surface area contributed by atoms with Gasteiger partial charge in [-0.2, -0.15) is 10.1 Å². The van der Waals surface area contributed by atoms with Gasteiger partial charge in [-0.1, -0.05) is 36.4 Å². The van der Waals surface area contributed by atoms with Crippen LogP contribution >= 0.6 is 0 Å². The summed E-state index contributed by atoms with van der Waals surface area (Å²) in [6, 6.07) is 20.0. The van der Waals surface area contributed by atoms with Crippen LogP contribution in [0.2, 0.25) is 0 Å². The minimum atomic E-state index is -1.04. The second kappa shape index (κ2) is 8.32. The summed E-state index contributed by atoms with van der Waals surface area (Å²) in [5, 5.41) is 18.3. The van der Waals surface area contributed by atoms with Crippen LogP contribution in [0.15, 0.2) is 77.9 Å². The summed E-state index contributed by atoms with van der Waals surface area (Å²) >= 11 is 0. The van der Waals surface area contributed by atoms with Crippen LogP contribution in [0.25, 0.3) is 27.7 Å². The molecule has 0 saturated carbocycles. The van der Waals surface area contributed by atoms with E-state index >= 15 is 0 Å². The van der Waals surface area contributed by atoms with E-state index in [2.05, 4.69) is 15.3 Å². The predicted octanol–water partition coefficient (Wildman–Crippen LogP) is 4.83. The Bertz CT molecular complexity index is 1620. The number of carbonyl (C=O) groups is 1. The maximum absolute atomic E-state index is 12.4. The van der Waals surface area contributed by atoms with Gasteiger partial charge in [0.2, 0.25) is 0 Å². The first kappa shape index (κ1) is 21.1. The fourth-order valence-corrected chi connectivity index (χ4v) is 4.10. The second-order valence-electron chi connectivity index (χ2n) is 7.95. The van der Waals surface area contributed by atoms with E-state index in [9.17, 15) is 14.7 Å². The number of aryl methyl sites for hydroxylation is 2. The van der Waals surface area contributed by atoms with Crippen molar-refractivity contribution in [1.29, 1.82) is 0 Å². The van der Waals surface area contributed by atoms with Gasteiger partial charge in [-0.25, -0.2) is 9.48 Å². The molecule has 0 aliphatic carbocycles. The maximum Gasteiger partial charge on any atom is 0.337 e. The van der Waals surface area contributed by atoms with Crippen molar-refractivity contribution < 1.29 is 9.90 Å². The molecule has 168 valence electrons. The Morgan fingerprint density at radius 2 is 1.79 bits per heavy atom. The number of aromatic nitrogens is 4. The zero-order chi connectivity index (χ0) is 23.8. The zero-order valence-electron chi connectivity index (χ0n) is 18.5. The number of nitrogens with zero attached hydrogens (tertiary/aromatic N) is 3. The van der Waals surface area contributed by atoms with Crippen molar-refractivity contribution in [3.05, 3.63) is 100 Å². The van der Waals surface area contributed by atoms with Gasteiger partial charge in [-0.05, 0) is 55.3 Å². The molecule has 0 unspecified atom stereocenters. The summed E-state index contributed by atoms with van der Waals surface area (Å²) in [6.45, 7) is 3.87. The summed E-state index contributed by atoms with van der Waals surface area (Å²) < 4.78 is 1.77. The number of nitrogens with one attached hydrogen (secondary N) is 2. The SMILES string of the molecule is Cc1ccccc1-n1nc(C)c(-c2ccc3[nH]cnc(=O)c3c2)c1Nc1ccccc1C(=O)O.